The predicted molar refractivity (Wildman–Crippen MR) is 148 cm³/mol. The highest BCUT2D eigenvalue weighted by Gasteiger charge is 2.44. The summed E-state index contributed by atoms with van der Waals surface area (Å²) in [6, 6.07) is 6.13. The number of ether oxygens (including phenoxy) is 4. The predicted octanol–water partition coefficient (Wildman–Crippen LogP) is 9.02. The average molecular weight is 615 g/mol. The van der Waals surface area contributed by atoms with E-state index in [0.717, 1.165) is 50.7 Å². The summed E-state index contributed by atoms with van der Waals surface area (Å²) in [4.78, 5) is 0. The summed E-state index contributed by atoms with van der Waals surface area (Å²) in [5.41, 5.74) is 1.46. The van der Waals surface area contributed by atoms with Gasteiger partial charge in [-0.05, 0) is 86.8 Å². The summed E-state index contributed by atoms with van der Waals surface area (Å²) in [6.07, 6.45) is 2.57. The van der Waals surface area contributed by atoms with Gasteiger partial charge in [-0.1, -0.05) is 25.5 Å². The Balaban J connectivity index is 1.09. The van der Waals surface area contributed by atoms with Gasteiger partial charge in [0.25, 0.3) is 0 Å². The van der Waals surface area contributed by atoms with Crippen LogP contribution in [0.25, 0.3) is 0 Å². The molecule has 43 heavy (non-hydrogen) atoms. The minimum Gasteiger partial charge on any atom is -0.432 e. The summed E-state index contributed by atoms with van der Waals surface area (Å²) in [6.45, 7) is 3.93. The lowest BCUT2D eigenvalue weighted by Crippen LogP contribution is -2.42. The molecule has 0 unspecified atom stereocenters. The van der Waals surface area contributed by atoms with Crippen molar-refractivity contribution < 1.29 is 45.3 Å². The Kier molecular flexibility index (Phi) is 10.6. The first-order valence-corrected chi connectivity index (χ1v) is 15.5. The van der Waals surface area contributed by atoms with Crippen LogP contribution >= 0.6 is 0 Å². The van der Waals surface area contributed by atoms with Gasteiger partial charge in [0.05, 0.1) is 19.1 Å². The summed E-state index contributed by atoms with van der Waals surface area (Å²) < 4.78 is 107. The lowest BCUT2D eigenvalue weighted by Gasteiger charge is -2.37. The van der Waals surface area contributed by atoms with Gasteiger partial charge < -0.3 is 18.9 Å². The summed E-state index contributed by atoms with van der Waals surface area (Å²) in [5.74, 6) is -6.94. The van der Waals surface area contributed by atoms with Gasteiger partial charge in [-0.2, -0.15) is 8.78 Å². The lowest BCUT2D eigenvalue weighted by molar-refractivity contribution is -0.249. The monoisotopic (exact) mass is 614 g/mol. The molecule has 0 atom stereocenters. The van der Waals surface area contributed by atoms with E-state index >= 15 is 4.39 Å². The molecule has 0 spiro atoms. The van der Waals surface area contributed by atoms with Gasteiger partial charge in [-0.3, -0.25) is 0 Å². The number of benzene rings is 2. The molecule has 3 aliphatic rings. The zero-order valence-electron chi connectivity index (χ0n) is 24.4. The highest BCUT2D eigenvalue weighted by molar-refractivity contribution is 5.30. The van der Waals surface area contributed by atoms with Gasteiger partial charge in [-0.15, -0.1) is 0 Å². The second-order valence-corrected chi connectivity index (χ2v) is 12.2. The van der Waals surface area contributed by atoms with Crippen molar-refractivity contribution in [2.24, 2.45) is 11.8 Å². The molecule has 2 aromatic rings. The van der Waals surface area contributed by atoms with Gasteiger partial charge in [0.2, 0.25) is 0 Å². The Morgan fingerprint density at radius 3 is 2.02 bits per heavy atom. The van der Waals surface area contributed by atoms with E-state index < -0.39 is 35.2 Å². The number of alkyl halides is 2. The fraction of sp³-hybridized carbons (Fsp3) is 0.636. The molecule has 0 N–H and O–H groups in total. The van der Waals surface area contributed by atoms with Crippen LogP contribution < -0.4 is 4.74 Å². The van der Waals surface area contributed by atoms with Gasteiger partial charge in [0, 0.05) is 24.7 Å². The summed E-state index contributed by atoms with van der Waals surface area (Å²) in [5, 5.41) is 0. The van der Waals surface area contributed by atoms with Gasteiger partial charge in [0.15, 0.2) is 23.7 Å². The molecule has 3 fully saturated rings. The molecule has 2 saturated carbocycles. The first-order valence-electron chi connectivity index (χ1n) is 15.5. The van der Waals surface area contributed by atoms with Crippen molar-refractivity contribution in [3.8, 4) is 5.75 Å². The third-order valence-electron chi connectivity index (χ3n) is 9.25. The van der Waals surface area contributed by atoms with E-state index in [0.29, 0.717) is 49.7 Å². The van der Waals surface area contributed by atoms with Crippen molar-refractivity contribution in [2.45, 2.75) is 101 Å². The molecule has 1 aliphatic heterocycles. The quantitative estimate of drug-likeness (QED) is 0.152. The number of halogens is 6. The fourth-order valence-corrected chi connectivity index (χ4v) is 6.69. The molecule has 1 heterocycles. The molecule has 0 bridgehead atoms. The Labute approximate surface area is 249 Å². The molecule has 4 nitrogen and oxygen atoms in total. The van der Waals surface area contributed by atoms with Crippen LogP contribution in [-0.2, 0) is 14.2 Å². The van der Waals surface area contributed by atoms with E-state index in [1.165, 1.54) is 0 Å². The summed E-state index contributed by atoms with van der Waals surface area (Å²) in [7, 11) is 0. The molecule has 5 rings (SSSR count). The minimum absolute atomic E-state index is 0.0150. The normalized spacial score (nSPS) is 28.5. The van der Waals surface area contributed by atoms with Crippen LogP contribution in [0.15, 0.2) is 30.3 Å². The van der Waals surface area contributed by atoms with Crippen LogP contribution in [0.3, 0.4) is 0 Å². The van der Waals surface area contributed by atoms with Crippen LogP contribution in [0.4, 0.5) is 26.3 Å². The highest BCUT2D eigenvalue weighted by Crippen LogP contribution is 2.45. The van der Waals surface area contributed by atoms with Crippen molar-refractivity contribution >= 4 is 0 Å². The van der Waals surface area contributed by atoms with Gasteiger partial charge in [-0.25, -0.2) is 17.6 Å². The minimum atomic E-state index is -3.71. The maximum absolute atomic E-state index is 15.3. The number of hydrogen-bond acceptors (Lipinski definition) is 4. The molecule has 1 saturated heterocycles. The zero-order chi connectivity index (χ0) is 30.6. The first-order chi connectivity index (χ1) is 20.6. The van der Waals surface area contributed by atoms with E-state index in [1.54, 1.807) is 12.1 Å². The van der Waals surface area contributed by atoms with E-state index in [1.807, 2.05) is 6.07 Å². The maximum Gasteiger partial charge on any atom is 0.400 e. The van der Waals surface area contributed by atoms with Gasteiger partial charge >= 0.3 is 6.11 Å². The van der Waals surface area contributed by atoms with Crippen molar-refractivity contribution in [2.75, 3.05) is 19.8 Å². The third kappa shape index (κ3) is 7.87. The molecular formula is C33H40F6O4. The SMILES string of the molecule is CCCCOC1COC(C2CCC(c3ccc(C4CCC(C(F)(F)Oc5cc(F)c(F)c(F)c5)CC4)c(F)c3)CC2)OC1. The van der Waals surface area contributed by atoms with Crippen molar-refractivity contribution in [3.63, 3.8) is 0 Å². The van der Waals surface area contributed by atoms with Crippen molar-refractivity contribution in [1.82, 2.24) is 0 Å². The van der Waals surface area contributed by atoms with Crippen LogP contribution in [0.2, 0.25) is 0 Å². The highest BCUT2D eigenvalue weighted by atomic mass is 19.3. The molecule has 0 radical (unpaired) electrons. The molecule has 2 aromatic carbocycles. The molecule has 2 aliphatic carbocycles. The first kappa shape index (κ1) is 32.1. The van der Waals surface area contributed by atoms with E-state index in [2.05, 4.69) is 11.7 Å². The largest absolute Gasteiger partial charge is 0.432 e. The number of hydrogen-bond donors (Lipinski definition) is 0. The Morgan fingerprint density at radius 2 is 1.42 bits per heavy atom. The van der Waals surface area contributed by atoms with Crippen molar-refractivity contribution in [1.29, 1.82) is 0 Å². The molecule has 0 aromatic heterocycles. The molecule has 0 amide bonds. The maximum atomic E-state index is 15.3. The van der Waals surface area contributed by atoms with Crippen LogP contribution in [0.1, 0.15) is 94.1 Å². The van der Waals surface area contributed by atoms with Crippen molar-refractivity contribution in [3.05, 3.63) is 64.7 Å². The molecule has 10 heteroatoms. The fourth-order valence-electron chi connectivity index (χ4n) is 6.69. The second kappa shape index (κ2) is 14.2. The average Bonchev–Trinajstić information content (AvgIpc) is 3.00. The Hall–Kier alpha value is -2.30. The topological polar surface area (TPSA) is 36.9 Å². The second-order valence-electron chi connectivity index (χ2n) is 12.2. The van der Waals surface area contributed by atoms with E-state index in [-0.39, 0.29) is 42.9 Å². The Morgan fingerprint density at radius 1 is 0.791 bits per heavy atom. The summed E-state index contributed by atoms with van der Waals surface area (Å²) >= 11 is 0. The van der Waals surface area contributed by atoms with Crippen LogP contribution in [-0.4, -0.2) is 38.3 Å². The van der Waals surface area contributed by atoms with Crippen LogP contribution in [0, 0.1) is 35.1 Å². The molecule has 238 valence electrons. The van der Waals surface area contributed by atoms with Crippen LogP contribution in [0.5, 0.6) is 5.75 Å². The van der Waals surface area contributed by atoms with E-state index in [4.69, 9.17) is 14.2 Å². The smallest absolute Gasteiger partial charge is 0.400 e. The molecular weight excluding hydrogens is 574 g/mol. The standard InChI is InChI=1S/C33H40F6O4/c1-2-3-14-40-26-18-41-32(42-19-26)22-6-4-20(5-7-22)23-10-13-27(28(34)15-23)21-8-11-24(12-9-21)33(38,39)43-25-16-29(35)31(37)30(36)17-25/h10,13,15-17,20-22,24,26,32H,2-9,11-12,14,18-19H2,1H3. The zero-order valence-corrected chi connectivity index (χ0v) is 24.4. The number of rotatable bonds is 10. The lowest BCUT2D eigenvalue weighted by atomic mass is 9.76. The van der Waals surface area contributed by atoms with Gasteiger partial charge in [0.1, 0.15) is 17.7 Å². The third-order valence-corrected chi connectivity index (χ3v) is 9.25. The number of unbranched alkanes of at least 4 members (excludes halogenated alkanes) is 1. The Bertz CT molecular complexity index is 1180. The van der Waals surface area contributed by atoms with E-state index in [9.17, 15) is 22.0 Å².